The van der Waals surface area contributed by atoms with Gasteiger partial charge in [-0.15, -0.1) is 0 Å². The molecule has 0 spiro atoms. The summed E-state index contributed by atoms with van der Waals surface area (Å²) in [6, 6.07) is 12.7. The van der Waals surface area contributed by atoms with Crippen molar-refractivity contribution in [2.45, 2.75) is 33.1 Å². The number of aromatic nitrogens is 1. The first-order valence-corrected chi connectivity index (χ1v) is 9.53. The molecule has 1 aliphatic carbocycles. The Hall–Kier alpha value is -2.31. The van der Waals surface area contributed by atoms with Crippen LogP contribution in [0.3, 0.4) is 0 Å². The monoisotopic (exact) mass is 346 g/mol. The largest absolute Gasteiger partial charge is 0.378 e. The molecule has 3 heteroatoms. The van der Waals surface area contributed by atoms with Crippen molar-refractivity contribution in [3.8, 4) is 11.8 Å². The molecule has 0 atom stereocenters. The summed E-state index contributed by atoms with van der Waals surface area (Å²) >= 11 is 0. The van der Waals surface area contributed by atoms with E-state index in [1.807, 2.05) is 0 Å². The van der Waals surface area contributed by atoms with Gasteiger partial charge in [0.25, 0.3) is 0 Å². The molecule has 0 bridgehead atoms. The second kappa shape index (κ2) is 7.13. The van der Waals surface area contributed by atoms with Gasteiger partial charge in [-0.3, -0.25) is 0 Å². The first kappa shape index (κ1) is 17.1. The maximum Gasteiger partial charge on any atom is 0.113 e. The Morgan fingerprint density at radius 3 is 2.77 bits per heavy atom. The fourth-order valence-corrected chi connectivity index (χ4v) is 3.73. The van der Waals surface area contributed by atoms with Crippen LogP contribution in [0.1, 0.15) is 42.8 Å². The Morgan fingerprint density at radius 2 is 1.92 bits per heavy atom. The quantitative estimate of drug-likeness (QED) is 0.734. The number of hydrogen-bond donors (Lipinski definition) is 0. The highest BCUT2D eigenvalue weighted by atomic mass is 16.5. The Labute approximate surface area is 156 Å². The van der Waals surface area contributed by atoms with E-state index in [0.717, 1.165) is 50.4 Å². The van der Waals surface area contributed by atoms with Gasteiger partial charge in [0.1, 0.15) is 5.69 Å². The molecule has 0 amide bonds. The van der Waals surface area contributed by atoms with Crippen LogP contribution < -0.4 is 4.90 Å². The van der Waals surface area contributed by atoms with E-state index in [1.165, 1.54) is 23.4 Å². The third kappa shape index (κ3) is 3.92. The van der Waals surface area contributed by atoms with Gasteiger partial charge in [-0.05, 0) is 60.4 Å². The number of anilines is 1. The summed E-state index contributed by atoms with van der Waals surface area (Å²) in [6.07, 6.45) is 3.41. The third-order valence-corrected chi connectivity index (χ3v) is 5.34. The van der Waals surface area contributed by atoms with Crippen LogP contribution in [0.2, 0.25) is 0 Å². The molecule has 1 fully saturated rings. The number of aryl methyl sites for hydroxylation is 1. The summed E-state index contributed by atoms with van der Waals surface area (Å²) in [5.74, 6) is 6.56. The van der Waals surface area contributed by atoms with Crippen LogP contribution in [0.15, 0.2) is 36.4 Å². The molecule has 2 aromatic rings. The maximum atomic E-state index is 5.44. The Morgan fingerprint density at radius 1 is 1.08 bits per heavy atom. The number of benzene rings is 1. The number of hydrogen-bond acceptors (Lipinski definition) is 3. The van der Waals surface area contributed by atoms with Crippen molar-refractivity contribution in [1.29, 1.82) is 0 Å². The molecule has 1 aromatic carbocycles. The molecular formula is C23H26N2O. The van der Waals surface area contributed by atoms with E-state index in [-0.39, 0.29) is 0 Å². The van der Waals surface area contributed by atoms with Crippen molar-refractivity contribution in [3.63, 3.8) is 0 Å². The van der Waals surface area contributed by atoms with Gasteiger partial charge in [0.05, 0.1) is 13.2 Å². The van der Waals surface area contributed by atoms with Gasteiger partial charge in [-0.1, -0.05) is 31.9 Å². The average Bonchev–Trinajstić information content (AvgIpc) is 2.66. The second-order valence-electron chi connectivity index (χ2n) is 8.04. The van der Waals surface area contributed by atoms with Gasteiger partial charge in [0.15, 0.2) is 0 Å². The van der Waals surface area contributed by atoms with Crippen LogP contribution in [-0.4, -0.2) is 31.3 Å². The lowest BCUT2D eigenvalue weighted by molar-refractivity contribution is 0.122. The molecule has 26 heavy (non-hydrogen) atoms. The molecule has 2 aliphatic rings. The molecule has 0 saturated carbocycles. The zero-order valence-electron chi connectivity index (χ0n) is 15.7. The number of rotatable bonds is 1. The molecule has 3 nitrogen and oxygen atoms in total. The van der Waals surface area contributed by atoms with Crippen molar-refractivity contribution >= 4 is 5.69 Å². The van der Waals surface area contributed by atoms with Crippen molar-refractivity contribution in [3.05, 3.63) is 58.9 Å². The van der Waals surface area contributed by atoms with Gasteiger partial charge in [0.2, 0.25) is 0 Å². The van der Waals surface area contributed by atoms with Crippen LogP contribution in [0.25, 0.3) is 0 Å². The fraction of sp³-hybridized carbons (Fsp3) is 0.435. The van der Waals surface area contributed by atoms with Crippen LogP contribution in [-0.2, 0) is 17.6 Å². The minimum Gasteiger partial charge on any atom is -0.378 e. The summed E-state index contributed by atoms with van der Waals surface area (Å²) in [6.45, 7) is 8.13. The molecule has 2 heterocycles. The smallest absolute Gasteiger partial charge is 0.113 e. The van der Waals surface area contributed by atoms with E-state index in [2.05, 4.69) is 67.0 Å². The Balaban J connectivity index is 1.54. The van der Waals surface area contributed by atoms with Crippen LogP contribution in [0, 0.1) is 17.3 Å². The molecule has 0 N–H and O–H groups in total. The molecule has 134 valence electrons. The Bertz CT molecular complexity index is 854. The van der Waals surface area contributed by atoms with E-state index in [1.54, 1.807) is 0 Å². The normalized spacial score (nSPS) is 18.6. The SMILES string of the molecule is CC1(C)CCc2ccc(C#Cc3cccc(N4CCOCC4)c3)nc2C1. The van der Waals surface area contributed by atoms with Crippen molar-refractivity contribution < 1.29 is 4.74 Å². The summed E-state index contributed by atoms with van der Waals surface area (Å²) in [5.41, 5.74) is 6.10. The number of morpholine rings is 1. The number of nitrogens with zero attached hydrogens (tertiary/aromatic N) is 2. The van der Waals surface area contributed by atoms with Crippen LogP contribution >= 0.6 is 0 Å². The minimum absolute atomic E-state index is 0.346. The zero-order chi connectivity index (χ0) is 18.0. The number of fused-ring (bicyclic) bond motifs is 1. The summed E-state index contributed by atoms with van der Waals surface area (Å²) in [4.78, 5) is 7.19. The van der Waals surface area contributed by atoms with Gasteiger partial charge < -0.3 is 9.64 Å². The van der Waals surface area contributed by atoms with E-state index in [9.17, 15) is 0 Å². The number of ether oxygens (including phenoxy) is 1. The Kier molecular flexibility index (Phi) is 4.70. The molecule has 4 rings (SSSR count). The van der Waals surface area contributed by atoms with Gasteiger partial charge >= 0.3 is 0 Å². The van der Waals surface area contributed by atoms with E-state index >= 15 is 0 Å². The van der Waals surface area contributed by atoms with Crippen molar-refractivity contribution in [2.24, 2.45) is 5.41 Å². The standard InChI is InChI=1S/C23H26N2O/c1-23(2)11-10-19-7-9-20(24-22(19)17-23)8-6-18-4-3-5-21(16-18)25-12-14-26-15-13-25/h3-5,7,9,16H,10-15,17H2,1-2H3. The summed E-state index contributed by atoms with van der Waals surface area (Å²) in [7, 11) is 0. The second-order valence-corrected chi connectivity index (χ2v) is 8.04. The molecule has 0 radical (unpaired) electrons. The topological polar surface area (TPSA) is 25.4 Å². The van der Waals surface area contributed by atoms with Gasteiger partial charge in [0, 0.05) is 30.0 Å². The van der Waals surface area contributed by atoms with Crippen molar-refractivity contribution in [1.82, 2.24) is 4.98 Å². The highest BCUT2D eigenvalue weighted by molar-refractivity contribution is 5.53. The minimum atomic E-state index is 0.346. The first-order valence-electron chi connectivity index (χ1n) is 9.53. The lowest BCUT2D eigenvalue weighted by Crippen LogP contribution is -2.36. The molecular weight excluding hydrogens is 320 g/mol. The molecule has 0 unspecified atom stereocenters. The average molecular weight is 346 g/mol. The third-order valence-electron chi connectivity index (χ3n) is 5.34. The maximum absolute atomic E-state index is 5.44. The van der Waals surface area contributed by atoms with Crippen LogP contribution in [0.4, 0.5) is 5.69 Å². The molecule has 1 aliphatic heterocycles. The zero-order valence-corrected chi connectivity index (χ0v) is 15.7. The predicted octanol–water partition coefficient (Wildman–Crippen LogP) is 3.83. The highest BCUT2D eigenvalue weighted by Crippen LogP contribution is 2.33. The highest BCUT2D eigenvalue weighted by Gasteiger charge is 2.26. The lowest BCUT2D eigenvalue weighted by atomic mass is 9.76. The summed E-state index contributed by atoms with van der Waals surface area (Å²) < 4.78 is 5.44. The summed E-state index contributed by atoms with van der Waals surface area (Å²) in [5, 5.41) is 0. The first-order chi connectivity index (χ1) is 12.6. The van der Waals surface area contributed by atoms with Crippen molar-refractivity contribution in [2.75, 3.05) is 31.2 Å². The van der Waals surface area contributed by atoms with Gasteiger partial charge in [-0.2, -0.15) is 0 Å². The van der Waals surface area contributed by atoms with Gasteiger partial charge in [-0.25, -0.2) is 4.98 Å². The lowest BCUT2D eigenvalue weighted by Gasteiger charge is -2.30. The predicted molar refractivity (Wildman–Crippen MR) is 105 cm³/mol. The van der Waals surface area contributed by atoms with E-state index in [0.29, 0.717) is 5.41 Å². The fourth-order valence-electron chi connectivity index (χ4n) is 3.73. The molecule has 1 saturated heterocycles. The van der Waals surface area contributed by atoms with Crippen LogP contribution in [0.5, 0.6) is 0 Å². The van der Waals surface area contributed by atoms with E-state index < -0.39 is 0 Å². The molecule has 1 aromatic heterocycles. The van der Waals surface area contributed by atoms with E-state index in [4.69, 9.17) is 9.72 Å². The number of pyridine rings is 1.